The van der Waals surface area contributed by atoms with Gasteiger partial charge in [-0.15, -0.1) is 0 Å². The number of rotatable bonds is 4. The molecule has 1 aliphatic rings. The van der Waals surface area contributed by atoms with Crippen LogP contribution >= 0.6 is 0 Å². The lowest BCUT2D eigenvalue weighted by atomic mass is 10.0. The summed E-state index contributed by atoms with van der Waals surface area (Å²) in [5, 5.41) is 4.39. The van der Waals surface area contributed by atoms with E-state index in [1.165, 1.54) is 5.41 Å². The first-order valence-electron chi connectivity index (χ1n) is 5.97. The van der Waals surface area contributed by atoms with E-state index in [1.807, 2.05) is 37.3 Å². The first-order valence-corrected chi connectivity index (χ1v) is 7.52. The summed E-state index contributed by atoms with van der Waals surface area (Å²) in [5.74, 6) is 0. The van der Waals surface area contributed by atoms with E-state index < -0.39 is 10.0 Å². The molecule has 0 amide bonds. The van der Waals surface area contributed by atoms with Gasteiger partial charge in [0.15, 0.2) is 0 Å². The zero-order valence-corrected chi connectivity index (χ0v) is 11.2. The van der Waals surface area contributed by atoms with Crippen molar-refractivity contribution in [2.24, 2.45) is 0 Å². The Hall–Kier alpha value is -1.17. The van der Waals surface area contributed by atoms with E-state index in [2.05, 4.69) is 10.0 Å². The molecule has 1 saturated heterocycles. The van der Waals surface area contributed by atoms with Crippen LogP contribution in [0.2, 0.25) is 0 Å². The minimum atomic E-state index is -3.39. The van der Waals surface area contributed by atoms with E-state index in [1.54, 1.807) is 6.08 Å². The van der Waals surface area contributed by atoms with E-state index in [9.17, 15) is 8.42 Å². The highest BCUT2D eigenvalue weighted by Crippen LogP contribution is 2.15. The number of hydrogen-bond donors (Lipinski definition) is 2. The van der Waals surface area contributed by atoms with Gasteiger partial charge in [0.2, 0.25) is 10.0 Å². The maximum Gasteiger partial charge on any atom is 0.234 e. The van der Waals surface area contributed by atoms with E-state index in [-0.39, 0.29) is 5.54 Å². The van der Waals surface area contributed by atoms with E-state index in [0.717, 1.165) is 18.5 Å². The average molecular weight is 266 g/mol. The summed E-state index contributed by atoms with van der Waals surface area (Å²) in [6, 6.07) is 9.38. The lowest BCUT2D eigenvalue weighted by Crippen LogP contribution is -2.46. The molecule has 2 rings (SSSR count). The van der Waals surface area contributed by atoms with Gasteiger partial charge in [-0.3, -0.25) is 0 Å². The molecule has 18 heavy (non-hydrogen) atoms. The maximum absolute atomic E-state index is 11.9. The molecule has 2 N–H and O–H groups in total. The van der Waals surface area contributed by atoms with Crippen molar-refractivity contribution >= 4 is 16.1 Å². The smallest absolute Gasteiger partial charge is 0.234 e. The Morgan fingerprint density at radius 1 is 1.33 bits per heavy atom. The van der Waals surface area contributed by atoms with Crippen molar-refractivity contribution in [3.05, 3.63) is 41.3 Å². The summed E-state index contributed by atoms with van der Waals surface area (Å²) in [4.78, 5) is 0. The van der Waals surface area contributed by atoms with Crippen molar-refractivity contribution in [2.75, 3.05) is 13.1 Å². The normalized spacial score (nSPS) is 24.7. The van der Waals surface area contributed by atoms with Crippen LogP contribution in [-0.2, 0) is 10.0 Å². The van der Waals surface area contributed by atoms with Crippen LogP contribution in [0, 0.1) is 0 Å². The molecule has 0 aromatic heterocycles. The zero-order valence-electron chi connectivity index (χ0n) is 10.4. The third-order valence-electron chi connectivity index (χ3n) is 3.00. The van der Waals surface area contributed by atoms with Gasteiger partial charge in [0.05, 0.1) is 0 Å². The van der Waals surface area contributed by atoms with Crippen LogP contribution in [0.4, 0.5) is 0 Å². The average Bonchev–Trinajstić information content (AvgIpc) is 2.74. The summed E-state index contributed by atoms with van der Waals surface area (Å²) >= 11 is 0. The second-order valence-electron chi connectivity index (χ2n) is 4.85. The van der Waals surface area contributed by atoms with Crippen LogP contribution in [0.15, 0.2) is 35.7 Å². The van der Waals surface area contributed by atoms with E-state index >= 15 is 0 Å². The number of nitrogens with one attached hydrogen (secondary N) is 2. The van der Waals surface area contributed by atoms with Crippen molar-refractivity contribution in [1.29, 1.82) is 0 Å². The molecule has 1 unspecified atom stereocenters. The molecule has 0 saturated carbocycles. The molecule has 5 heteroatoms. The van der Waals surface area contributed by atoms with Crippen LogP contribution in [-0.4, -0.2) is 27.0 Å². The highest BCUT2D eigenvalue weighted by atomic mass is 32.2. The van der Waals surface area contributed by atoms with Crippen molar-refractivity contribution in [3.63, 3.8) is 0 Å². The Balaban J connectivity index is 2.06. The fraction of sp³-hybridized carbons (Fsp3) is 0.385. The quantitative estimate of drug-likeness (QED) is 0.864. The molecule has 1 aromatic rings. The molecule has 1 aliphatic heterocycles. The maximum atomic E-state index is 11.9. The van der Waals surface area contributed by atoms with Gasteiger partial charge < -0.3 is 5.32 Å². The SMILES string of the molecule is CC1(NS(=O)(=O)/C=C/c2ccccc2)CCNC1. The van der Waals surface area contributed by atoms with Gasteiger partial charge in [-0.05, 0) is 31.5 Å². The van der Waals surface area contributed by atoms with Gasteiger partial charge in [-0.2, -0.15) is 0 Å². The largest absolute Gasteiger partial charge is 0.315 e. The highest BCUT2D eigenvalue weighted by molar-refractivity contribution is 7.92. The lowest BCUT2D eigenvalue weighted by Gasteiger charge is -2.22. The van der Waals surface area contributed by atoms with Crippen LogP contribution < -0.4 is 10.0 Å². The Morgan fingerprint density at radius 2 is 2.06 bits per heavy atom. The van der Waals surface area contributed by atoms with Crippen molar-refractivity contribution < 1.29 is 8.42 Å². The van der Waals surface area contributed by atoms with Crippen molar-refractivity contribution in [3.8, 4) is 0 Å². The molecule has 1 heterocycles. The Bertz CT molecular complexity index is 517. The Kier molecular flexibility index (Phi) is 3.85. The molecule has 98 valence electrons. The molecule has 0 bridgehead atoms. The standard InChI is InChI=1S/C13H18N2O2S/c1-13(8-9-14-11-13)15-18(16,17)10-7-12-5-3-2-4-6-12/h2-7,10,14-15H,8-9,11H2,1H3/b10-7+. The van der Waals surface area contributed by atoms with Crippen LogP contribution in [0.1, 0.15) is 18.9 Å². The molecule has 0 aliphatic carbocycles. The molecular weight excluding hydrogens is 248 g/mol. The summed E-state index contributed by atoms with van der Waals surface area (Å²) in [6.45, 7) is 3.44. The van der Waals surface area contributed by atoms with Crippen molar-refractivity contribution in [1.82, 2.24) is 10.0 Å². The summed E-state index contributed by atoms with van der Waals surface area (Å²) in [5.41, 5.74) is 0.498. The molecule has 1 aromatic carbocycles. The van der Waals surface area contributed by atoms with Gasteiger partial charge in [0.1, 0.15) is 0 Å². The zero-order chi connectivity index (χ0) is 13.1. The predicted molar refractivity (Wildman–Crippen MR) is 73.4 cm³/mol. The molecule has 1 atom stereocenters. The molecule has 0 spiro atoms. The topological polar surface area (TPSA) is 58.2 Å². The minimum Gasteiger partial charge on any atom is -0.315 e. The van der Waals surface area contributed by atoms with E-state index in [4.69, 9.17) is 0 Å². The van der Waals surface area contributed by atoms with E-state index in [0.29, 0.717) is 6.54 Å². The fourth-order valence-electron chi connectivity index (χ4n) is 2.01. The number of benzene rings is 1. The van der Waals surface area contributed by atoms with Crippen molar-refractivity contribution in [2.45, 2.75) is 18.9 Å². The second-order valence-corrected chi connectivity index (χ2v) is 6.41. The van der Waals surface area contributed by atoms with Gasteiger partial charge in [-0.25, -0.2) is 13.1 Å². The third kappa shape index (κ3) is 3.66. The van der Waals surface area contributed by atoms with Gasteiger partial charge in [0.25, 0.3) is 0 Å². The molecule has 0 radical (unpaired) electrons. The summed E-state index contributed by atoms with van der Waals surface area (Å²) < 4.78 is 26.6. The number of sulfonamides is 1. The predicted octanol–water partition coefficient (Wildman–Crippen LogP) is 1.33. The monoisotopic (exact) mass is 266 g/mol. The molecule has 4 nitrogen and oxygen atoms in total. The summed E-state index contributed by atoms with van der Waals surface area (Å²) in [7, 11) is -3.39. The highest BCUT2D eigenvalue weighted by Gasteiger charge is 2.31. The Labute approximate surface area is 108 Å². The molecule has 1 fully saturated rings. The molecular formula is C13H18N2O2S. The second kappa shape index (κ2) is 5.22. The first-order chi connectivity index (χ1) is 8.49. The van der Waals surface area contributed by atoms with Gasteiger partial charge >= 0.3 is 0 Å². The van der Waals surface area contributed by atoms with Crippen LogP contribution in [0.3, 0.4) is 0 Å². The van der Waals surface area contributed by atoms with Gasteiger partial charge in [0, 0.05) is 17.5 Å². The number of hydrogen-bond acceptors (Lipinski definition) is 3. The van der Waals surface area contributed by atoms with Crippen LogP contribution in [0.25, 0.3) is 6.08 Å². The van der Waals surface area contributed by atoms with Gasteiger partial charge in [-0.1, -0.05) is 30.3 Å². The third-order valence-corrected chi connectivity index (χ3v) is 4.27. The fourth-order valence-corrected chi connectivity index (χ4v) is 3.28. The van der Waals surface area contributed by atoms with Crippen LogP contribution in [0.5, 0.6) is 0 Å². The summed E-state index contributed by atoms with van der Waals surface area (Å²) in [6.07, 6.45) is 2.42. The Morgan fingerprint density at radius 3 is 2.67 bits per heavy atom. The first kappa shape index (κ1) is 13.3. The lowest BCUT2D eigenvalue weighted by molar-refractivity contribution is 0.455. The minimum absolute atomic E-state index is 0.375.